The molecule has 0 fully saturated rings. The van der Waals surface area contributed by atoms with Crippen molar-refractivity contribution in [1.29, 1.82) is 0 Å². The predicted octanol–water partition coefficient (Wildman–Crippen LogP) is 4.16. The Labute approximate surface area is 131 Å². The maximum atomic E-state index is 14.0. The van der Waals surface area contributed by atoms with E-state index in [4.69, 9.17) is 9.47 Å². The van der Waals surface area contributed by atoms with Crippen LogP contribution in [-0.2, 0) is 0 Å². The molecule has 0 radical (unpaired) electrons. The van der Waals surface area contributed by atoms with Gasteiger partial charge in [-0.1, -0.05) is 12.1 Å². The highest BCUT2D eigenvalue weighted by Crippen LogP contribution is 2.42. The summed E-state index contributed by atoms with van der Waals surface area (Å²) in [5, 5.41) is 10.4. The highest BCUT2D eigenvalue weighted by atomic mass is 79.9. The van der Waals surface area contributed by atoms with E-state index in [2.05, 4.69) is 31.9 Å². The van der Waals surface area contributed by atoms with Gasteiger partial charge in [0.15, 0.2) is 11.5 Å². The second kappa shape index (κ2) is 5.35. The molecule has 2 aromatic carbocycles. The molecular formula is C14H9Br2FO3. The van der Waals surface area contributed by atoms with E-state index in [1.54, 1.807) is 30.3 Å². The molecule has 1 aliphatic rings. The van der Waals surface area contributed by atoms with Gasteiger partial charge in [-0.25, -0.2) is 4.39 Å². The van der Waals surface area contributed by atoms with Crippen LogP contribution in [0.5, 0.6) is 11.5 Å². The second-order valence-corrected chi connectivity index (χ2v) is 5.99. The SMILES string of the molecule is OC(c1cc(Br)c2c(c1)OCO2)c1cccc(Br)c1F. The van der Waals surface area contributed by atoms with Gasteiger partial charge in [-0.2, -0.15) is 0 Å². The van der Waals surface area contributed by atoms with E-state index in [0.717, 1.165) is 0 Å². The standard InChI is InChI=1S/C14H9Br2FO3/c15-9-3-1-2-8(12(9)17)13(18)7-4-10(16)14-11(5-7)19-6-20-14/h1-5,13,18H,6H2. The number of benzene rings is 2. The number of hydrogen-bond acceptors (Lipinski definition) is 3. The highest BCUT2D eigenvalue weighted by molar-refractivity contribution is 9.10. The minimum absolute atomic E-state index is 0.138. The van der Waals surface area contributed by atoms with Crippen LogP contribution in [0.15, 0.2) is 39.3 Å². The van der Waals surface area contributed by atoms with Crippen molar-refractivity contribution in [1.82, 2.24) is 0 Å². The van der Waals surface area contributed by atoms with Crippen LogP contribution in [0.3, 0.4) is 0 Å². The van der Waals surface area contributed by atoms with E-state index in [1.807, 2.05) is 0 Å². The molecule has 6 heteroatoms. The molecule has 0 aliphatic carbocycles. The van der Waals surface area contributed by atoms with Gasteiger partial charge < -0.3 is 14.6 Å². The molecule has 3 nitrogen and oxygen atoms in total. The molecule has 1 aliphatic heterocycles. The molecule has 1 unspecified atom stereocenters. The summed E-state index contributed by atoms with van der Waals surface area (Å²) in [7, 11) is 0. The zero-order valence-electron chi connectivity index (χ0n) is 10.1. The number of aliphatic hydroxyl groups excluding tert-OH is 1. The molecule has 20 heavy (non-hydrogen) atoms. The number of fused-ring (bicyclic) bond motifs is 1. The van der Waals surface area contributed by atoms with Gasteiger partial charge in [0.2, 0.25) is 6.79 Å². The van der Waals surface area contributed by atoms with Crippen LogP contribution >= 0.6 is 31.9 Å². The first-order valence-electron chi connectivity index (χ1n) is 5.79. The first-order chi connectivity index (χ1) is 9.58. The van der Waals surface area contributed by atoms with Gasteiger partial charge in [0.05, 0.1) is 8.95 Å². The van der Waals surface area contributed by atoms with Gasteiger partial charge in [0, 0.05) is 5.56 Å². The lowest BCUT2D eigenvalue weighted by atomic mass is 10.0. The van der Waals surface area contributed by atoms with Crippen molar-refractivity contribution in [2.45, 2.75) is 6.10 Å². The zero-order valence-corrected chi connectivity index (χ0v) is 13.2. The van der Waals surface area contributed by atoms with Crippen LogP contribution in [-0.4, -0.2) is 11.9 Å². The maximum absolute atomic E-state index is 14.0. The molecule has 3 rings (SSSR count). The third kappa shape index (κ3) is 2.32. The van der Waals surface area contributed by atoms with Crippen LogP contribution in [0.1, 0.15) is 17.2 Å². The normalized spacial score (nSPS) is 14.4. The first-order valence-corrected chi connectivity index (χ1v) is 7.37. The Morgan fingerprint density at radius 2 is 1.95 bits per heavy atom. The molecule has 0 amide bonds. The fourth-order valence-corrected chi connectivity index (χ4v) is 3.01. The molecular weight excluding hydrogens is 395 g/mol. The first kappa shape index (κ1) is 13.9. The predicted molar refractivity (Wildman–Crippen MR) is 78.4 cm³/mol. The minimum atomic E-state index is -1.08. The van der Waals surface area contributed by atoms with E-state index >= 15 is 0 Å². The fourth-order valence-electron chi connectivity index (χ4n) is 2.06. The Balaban J connectivity index is 2.05. The highest BCUT2D eigenvalue weighted by Gasteiger charge is 2.23. The number of halogens is 3. The Hall–Kier alpha value is -1.11. The van der Waals surface area contributed by atoms with Crippen molar-refractivity contribution in [2.75, 3.05) is 6.79 Å². The van der Waals surface area contributed by atoms with Gasteiger partial charge in [-0.05, 0) is 55.6 Å². The molecule has 0 saturated heterocycles. The lowest BCUT2D eigenvalue weighted by Crippen LogP contribution is -2.03. The molecule has 104 valence electrons. The van der Waals surface area contributed by atoms with Gasteiger partial charge in [0.25, 0.3) is 0 Å². The van der Waals surface area contributed by atoms with E-state index in [1.165, 1.54) is 0 Å². The quantitative estimate of drug-likeness (QED) is 0.818. The Bertz CT molecular complexity index is 676. The molecule has 1 heterocycles. The van der Waals surface area contributed by atoms with E-state index < -0.39 is 11.9 Å². The topological polar surface area (TPSA) is 38.7 Å². The van der Waals surface area contributed by atoms with Gasteiger partial charge >= 0.3 is 0 Å². The van der Waals surface area contributed by atoms with Crippen molar-refractivity contribution >= 4 is 31.9 Å². The lowest BCUT2D eigenvalue weighted by molar-refractivity contribution is 0.173. The number of aliphatic hydroxyl groups is 1. The third-order valence-electron chi connectivity index (χ3n) is 3.04. The van der Waals surface area contributed by atoms with E-state index in [-0.39, 0.29) is 12.4 Å². The molecule has 0 aromatic heterocycles. The Morgan fingerprint density at radius 1 is 1.15 bits per heavy atom. The fraction of sp³-hybridized carbons (Fsp3) is 0.143. The van der Waals surface area contributed by atoms with Crippen LogP contribution in [0.2, 0.25) is 0 Å². The van der Waals surface area contributed by atoms with Crippen molar-refractivity contribution < 1.29 is 19.0 Å². The summed E-state index contributed by atoms with van der Waals surface area (Å²) >= 11 is 6.46. The number of ether oxygens (including phenoxy) is 2. The van der Waals surface area contributed by atoms with Crippen molar-refractivity contribution in [3.8, 4) is 11.5 Å². The van der Waals surface area contributed by atoms with Crippen LogP contribution in [0.4, 0.5) is 4.39 Å². The molecule has 2 aromatic rings. The van der Waals surface area contributed by atoms with Crippen LogP contribution in [0, 0.1) is 5.82 Å². The molecule has 1 atom stereocenters. The molecule has 0 bridgehead atoms. The smallest absolute Gasteiger partial charge is 0.231 e. The summed E-state index contributed by atoms with van der Waals surface area (Å²) in [6, 6.07) is 8.15. The summed E-state index contributed by atoms with van der Waals surface area (Å²) in [6.45, 7) is 0.138. The van der Waals surface area contributed by atoms with Gasteiger partial charge in [-0.15, -0.1) is 0 Å². The van der Waals surface area contributed by atoms with Crippen LogP contribution in [0.25, 0.3) is 0 Å². The number of rotatable bonds is 2. The van der Waals surface area contributed by atoms with Crippen LogP contribution < -0.4 is 9.47 Å². The van der Waals surface area contributed by atoms with E-state index in [0.29, 0.717) is 26.0 Å². The van der Waals surface area contributed by atoms with Gasteiger partial charge in [0.1, 0.15) is 11.9 Å². The molecule has 0 saturated carbocycles. The van der Waals surface area contributed by atoms with Gasteiger partial charge in [-0.3, -0.25) is 0 Å². The van der Waals surface area contributed by atoms with Crippen molar-refractivity contribution in [3.63, 3.8) is 0 Å². The maximum Gasteiger partial charge on any atom is 0.231 e. The average Bonchev–Trinajstić information content (AvgIpc) is 2.90. The Morgan fingerprint density at radius 3 is 2.75 bits per heavy atom. The lowest BCUT2D eigenvalue weighted by Gasteiger charge is -2.14. The summed E-state index contributed by atoms with van der Waals surface area (Å²) in [5.41, 5.74) is 0.725. The average molecular weight is 404 g/mol. The van der Waals surface area contributed by atoms with Crippen molar-refractivity contribution in [3.05, 3.63) is 56.2 Å². The molecule has 0 spiro atoms. The summed E-state index contributed by atoms with van der Waals surface area (Å²) < 4.78 is 25.6. The molecule has 1 N–H and O–H groups in total. The zero-order chi connectivity index (χ0) is 14.3. The summed E-state index contributed by atoms with van der Waals surface area (Å²) in [6.07, 6.45) is -1.08. The second-order valence-electron chi connectivity index (χ2n) is 4.28. The summed E-state index contributed by atoms with van der Waals surface area (Å²) in [4.78, 5) is 0. The Kier molecular flexibility index (Phi) is 3.70. The van der Waals surface area contributed by atoms with Crippen molar-refractivity contribution in [2.24, 2.45) is 0 Å². The summed E-state index contributed by atoms with van der Waals surface area (Å²) in [5.74, 6) is 0.647. The number of hydrogen-bond donors (Lipinski definition) is 1. The minimum Gasteiger partial charge on any atom is -0.454 e. The largest absolute Gasteiger partial charge is 0.454 e. The monoisotopic (exact) mass is 402 g/mol. The van der Waals surface area contributed by atoms with E-state index in [9.17, 15) is 9.50 Å². The third-order valence-corrected chi connectivity index (χ3v) is 4.24.